The van der Waals surface area contributed by atoms with Crippen molar-refractivity contribution in [3.05, 3.63) is 0 Å². The van der Waals surface area contributed by atoms with E-state index in [0.29, 0.717) is 0 Å². The molecule has 0 heterocycles. The Hall–Kier alpha value is -0.650. The molecule has 21 heavy (non-hydrogen) atoms. The van der Waals surface area contributed by atoms with Gasteiger partial charge in [0.05, 0.1) is 6.04 Å². The average Bonchev–Trinajstić information content (AvgIpc) is 2.33. The molecule has 2 N–H and O–H groups in total. The Morgan fingerprint density at radius 3 is 1.57 bits per heavy atom. The summed E-state index contributed by atoms with van der Waals surface area (Å²) >= 11 is 0. The fraction of sp³-hybridized carbons (Fsp3) is 0.938. The normalized spacial score (nSPS) is 13.8. The second-order valence-corrected chi connectivity index (χ2v) is 7.48. The van der Waals surface area contributed by atoms with E-state index in [2.05, 4.69) is 38.0 Å². The summed E-state index contributed by atoms with van der Waals surface area (Å²) in [4.78, 5) is 18.9. The Morgan fingerprint density at radius 2 is 1.29 bits per heavy atom. The van der Waals surface area contributed by atoms with Gasteiger partial charge in [0.15, 0.2) is 0 Å². The molecular weight excluding hydrogens is 264 g/mol. The second-order valence-electron chi connectivity index (χ2n) is 7.48. The van der Waals surface area contributed by atoms with Crippen molar-refractivity contribution in [2.45, 2.75) is 39.7 Å². The van der Waals surface area contributed by atoms with Crippen molar-refractivity contribution in [2.24, 2.45) is 11.1 Å². The lowest BCUT2D eigenvalue weighted by molar-refractivity contribution is -0.135. The third-order valence-electron chi connectivity index (χ3n) is 3.58. The molecule has 0 radical (unpaired) electrons. The monoisotopic (exact) mass is 300 g/mol. The molecule has 0 aliphatic heterocycles. The molecule has 0 aromatic heterocycles. The number of hydrogen-bond acceptors (Lipinski definition) is 4. The van der Waals surface area contributed by atoms with Gasteiger partial charge < -0.3 is 20.4 Å². The van der Waals surface area contributed by atoms with Gasteiger partial charge >= 0.3 is 0 Å². The van der Waals surface area contributed by atoms with Crippen molar-refractivity contribution >= 4 is 5.91 Å². The molecule has 5 nitrogen and oxygen atoms in total. The van der Waals surface area contributed by atoms with Crippen LogP contribution in [0, 0.1) is 5.41 Å². The maximum Gasteiger partial charge on any atom is 0.240 e. The fourth-order valence-electron chi connectivity index (χ4n) is 2.05. The van der Waals surface area contributed by atoms with Gasteiger partial charge in [0.1, 0.15) is 0 Å². The van der Waals surface area contributed by atoms with Gasteiger partial charge in [0.2, 0.25) is 5.91 Å². The highest BCUT2D eigenvalue weighted by molar-refractivity contribution is 5.82. The SMILES string of the molecule is CN(C)CCCN(CCCN(C)C)C(=O)[C@H](N)C(C)(C)C. The number of carbonyl (C=O) groups is 1. The highest BCUT2D eigenvalue weighted by atomic mass is 16.2. The van der Waals surface area contributed by atoms with E-state index in [4.69, 9.17) is 5.73 Å². The summed E-state index contributed by atoms with van der Waals surface area (Å²) in [5.74, 6) is 0.0833. The molecule has 1 atom stereocenters. The van der Waals surface area contributed by atoms with Crippen LogP contribution in [-0.2, 0) is 4.79 Å². The summed E-state index contributed by atoms with van der Waals surface area (Å²) in [6.45, 7) is 9.61. The molecule has 0 rings (SSSR count). The van der Waals surface area contributed by atoms with E-state index in [1.165, 1.54) is 0 Å². The van der Waals surface area contributed by atoms with Crippen molar-refractivity contribution < 1.29 is 4.79 Å². The molecule has 0 aliphatic rings. The van der Waals surface area contributed by atoms with Crippen LogP contribution >= 0.6 is 0 Å². The summed E-state index contributed by atoms with van der Waals surface area (Å²) in [6.07, 6.45) is 1.97. The molecule has 0 unspecified atom stereocenters. The van der Waals surface area contributed by atoms with Crippen molar-refractivity contribution in [1.29, 1.82) is 0 Å². The van der Waals surface area contributed by atoms with Gasteiger partial charge in [-0.25, -0.2) is 0 Å². The third kappa shape index (κ3) is 9.06. The zero-order valence-corrected chi connectivity index (χ0v) is 15.1. The molecule has 0 aliphatic carbocycles. The molecule has 0 spiro atoms. The van der Waals surface area contributed by atoms with Crippen molar-refractivity contribution in [3.63, 3.8) is 0 Å². The van der Waals surface area contributed by atoms with Gasteiger partial charge in [0.25, 0.3) is 0 Å². The Kier molecular flexibility index (Phi) is 9.09. The first-order chi connectivity index (χ1) is 9.55. The van der Waals surface area contributed by atoms with E-state index >= 15 is 0 Å². The number of nitrogens with zero attached hydrogens (tertiary/aromatic N) is 3. The van der Waals surface area contributed by atoms with Gasteiger partial charge in [0, 0.05) is 13.1 Å². The van der Waals surface area contributed by atoms with Crippen LogP contribution in [0.3, 0.4) is 0 Å². The fourth-order valence-corrected chi connectivity index (χ4v) is 2.05. The maximum absolute atomic E-state index is 12.6. The van der Waals surface area contributed by atoms with Crippen LogP contribution in [0.5, 0.6) is 0 Å². The van der Waals surface area contributed by atoms with Gasteiger partial charge in [-0.3, -0.25) is 4.79 Å². The highest BCUT2D eigenvalue weighted by Crippen LogP contribution is 2.19. The van der Waals surface area contributed by atoms with Crippen molar-refractivity contribution in [3.8, 4) is 0 Å². The minimum Gasteiger partial charge on any atom is -0.341 e. The summed E-state index contributed by atoms with van der Waals surface area (Å²) < 4.78 is 0. The molecule has 126 valence electrons. The van der Waals surface area contributed by atoms with Crippen LogP contribution in [-0.4, -0.2) is 81.0 Å². The van der Waals surface area contributed by atoms with E-state index in [9.17, 15) is 4.79 Å². The lowest BCUT2D eigenvalue weighted by Gasteiger charge is -2.32. The minimum absolute atomic E-state index is 0.0833. The third-order valence-corrected chi connectivity index (χ3v) is 3.58. The summed E-state index contributed by atoms with van der Waals surface area (Å²) in [7, 11) is 8.22. The van der Waals surface area contributed by atoms with Crippen LogP contribution < -0.4 is 5.73 Å². The van der Waals surface area contributed by atoms with Gasteiger partial charge in [-0.2, -0.15) is 0 Å². The molecule has 1 amide bonds. The first-order valence-electron chi connectivity index (χ1n) is 7.89. The molecule has 0 aromatic rings. The number of carbonyl (C=O) groups excluding carboxylic acids is 1. The maximum atomic E-state index is 12.6. The Morgan fingerprint density at radius 1 is 0.905 bits per heavy atom. The molecule has 0 bridgehead atoms. The van der Waals surface area contributed by atoms with E-state index in [0.717, 1.165) is 39.0 Å². The Balaban J connectivity index is 4.58. The number of nitrogens with two attached hydrogens (primary N) is 1. The summed E-state index contributed by atoms with van der Waals surface area (Å²) in [5.41, 5.74) is 5.95. The van der Waals surface area contributed by atoms with E-state index in [1.807, 2.05) is 25.7 Å². The zero-order chi connectivity index (χ0) is 16.6. The van der Waals surface area contributed by atoms with E-state index in [-0.39, 0.29) is 11.3 Å². The van der Waals surface area contributed by atoms with Crippen LogP contribution in [0.4, 0.5) is 0 Å². The molecular formula is C16H36N4O. The lowest BCUT2D eigenvalue weighted by Crippen LogP contribution is -2.51. The number of hydrogen-bond donors (Lipinski definition) is 1. The molecule has 0 saturated carbocycles. The number of rotatable bonds is 9. The van der Waals surface area contributed by atoms with Crippen molar-refractivity contribution in [2.75, 3.05) is 54.4 Å². The van der Waals surface area contributed by atoms with E-state index in [1.54, 1.807) is 0 Å². The predicted molar refractivity (Wildman–Crippen MR) is 90.4 cm³/mol. The quantitative estimate of drug-likeness (QED) is 0.692. The Labute approximate surface area is 131 Å². The van der Waals surface area contributed by atoms with E-state index < -0.39 is 6.04 Å². The number of amides is 1. The average molecular weight is 300 g/mol. The molecule has 0 saturated heterocycles. The summed E-state index contributed by atoms with van der Waals surface area (Å²) in [6, 6.07) is -0.434. The first kappa shape index (κ1) is 20.3. The van der Waals surface area contributed by atoms with Crippen LogP contribution in [0.25, 0.3) is 0 Å². The zero-order valence-electron chi connectivity index (χ0n) is 15.1. The van der Waals surface area contributed by atoms with Gasteiger partial charge in [-0.15, -0.1) is 0 Å². The standard InChI is InChI=1S/C16H36N4O/c1-16(2,3)14(17)15(21)20(12-8-10-18(4)5)13-9-11-19(6)7/h14H,8-13,17H2,1-7H3/t14-/m0/s1. The van der Waals surface area contributed by atoms with Crippen molar-refractivity contribution in [1.82, 2.24) is 14.7 Å². The van der Waals surface area contributed by atoms with Gasteiger partial charge in [-0.1, -0.05) is 20.8 Å². The molecule has 0 fully saturated rings. The minimum atomic E-state index is -0.434. The molecule has 0 aromatic carbocycles. The summed E-state index contributed by atoms with van der Waals surface area (Å²) in [5, 5.41) is 0. The van der Waals surface area contributed by atoms with Crippen LogP contribution in [0.1, 0.15) is 33.6 Å². The van der Waals surface area contributed by atoms with Crippen LogP contribution in [0.2, 0.25) is 0 Å². The van der Waals surface area contributed by atoms with Gasteiger partial charge in [-0.05, 0) is 59.5 Å². The highest BCUT2D eigenvalue weighted by Gasteiger charge is 2.30. The topological polar surface area (TPSA) is 52.8 Å². The smallest absolute Gasteiger partial charge is 0.240 e. The largest absolute Gasteiger partial charge is 0.341 e. The second kappa shape index (κ2) is 9.38. The van der Waals surface area contributed by atoms with Crippen LogP contribution in [0.15, 0.2) is 0 Å². The predicted octanol–water partition coefficient (Wildman–Crippen LogP) is 1.09. The Bertz CT molecular complexity index is 283. The first-order valence-corrected chi connectivity index (χ1v) is 7.89. The lowest BCUT2D eigenvalue weighted by atomic mass is 9.86. The molecule has 5 heteroatoms.